The molecule has 7 heteroatoms. The Labute approximate surface area is 168 Å². The van der Waals surface area contributed by atoms with Crippen LogP contribution in [-0.4, -0.2) is 33.2 Å². The average Bonchev–Trinajstić information content (AvgIpc) is 3.18. The molecule has 2 aromatic carbocycles. The number of carbonyl (C=O) groups excluding carboxylic acids is 1. The highest BCUT2D eigenvalue weighted by atomic mass is 16.2. The molecule has 0 spiro atoms. The normalized spacial score (nSPS) is 11.8. The second kappa shape index (κ2) is 8.43. The lowest BCUT2D eigenvalue weighted by Gasteiger charge is -2.16. The quantitative estimate of drug-likeness (QED) is 0.467. The lowest BCUT2D eigenvalue weighted by molar-refractivity contribution is 0.249. The van der Waals surface area contributed by atoms with Gasteiger partial charge in [-0.15, -0.1) is 0 Å². The third-order valence-electron chi connectivity index (χ3n) is 4.47. The molecule has 29 heavy (non-hydrogen) atoms. The number of hydrogen-bond donors (Lipinski definition) is 3. The van der Waals surface area contributed by atoms with Crippen molar-refractivity contribution >= 4 is 28.4 Å². The van der Waals surface area contributed by atoms with E-state index in [1.54, 1.807) is 12.5 Å². The highest BCUT2D eigenvalue weighted by molar-refractivity contribution is 5.89. The number of anilines is 2. The molecule has 1 atom stereocenters. The second-order valence-corrected chi connectivity index (χ2v) is 6.75. The molecule has 0 bridgehead atoms. The maximum absolute atomic E-state index is 12.2. The number of fused-ring (bicyclic) bond motifs is 1. The van der Waals surface area contributed by atoms with Crippen LogP contribution in [0.5, 0.6) is 0 Å². The van der Waals surface area contributed by atoms with Crippen LogP contribution in [0.4, 0.5) is 16.2 Å². The molecule has 0 saturated carbocycles. The lowest BCUT2D eigenvalue weighted by Crippen LogP contribution is -2.40. The Bertz CT molecular complexity index is 1090. The van der Waals surface area contributed by atoms with Crippen LogP contribution >= 0.6 is 0 Å². The number of amides is 2. The monoisotopic (exact) mass is 386 g/mol. The van der Waals surface area contributed by atoms with E-state index >= 15 is 0 Å². The third-order valence-corrected chi connectivity index (χ3v) is 4.47. The van der Waals surface area contributed by atoms with E-state index in [0.717, 1.165) is 22.5 Å². The predicted molar refractivity (Wildman–Crippen MR) is 115 cm³/mol. The Hall–Kier alpha value is -3.87. The van der Waals surface area contributed by atoms with E-state index in [4.69, 9.17) is 0 Å². The van der Waals surface area contributed by atoms with Crippen molar-refractivity contribution in [2.75, 3.05) is 17.2 Å². The molecule has 0 aliphatic rings. The number of nitrogens with zero attached hydrogens (tertiary/aromatic N) is 3. The smallest absolute Gasteiger partial charge is 0.319 e. The van der Waals surface area contributed by atoms with E-state index in [1.807, 2.05) is 78.2 Å². The SMILES string of the molecule is C[C@@H](CNc1ccccc1)NC(=O)Nc1ccc(-n2cnc3ccccc32)nc1. The Balaban J connectivity index is 1.33. The van der Waals surface area contributed by atoms with Crippen molar-refractivity contribution in [3.05, 3.63) is 79.3 Å². The Morgan fingerprint density at radius 2 is 1.76 bits per heavy atom. The van der Waals surface area contributed by atoms with Crippen LogP contribution in [0.15, 0.2) is 79.3 Å². The van der Waals surface area contributed by atoms with Gasteiger partial charge >= 0.3 is 6.03 Å². The average molecular weight is 386 g/mol. The van der Waals surface area contributed by atoms with Crippen molar-refractivity contribution in [1.82, 2.24) is 19.9 Å². The molecule has 2 amide bonds. The minimum atomic E-state index is -0.269. The molecule has 0 aliphatic carbocycles. The third kappa shape index (κ3) is 4.52. The van der Waals surface area contributed by atoms with Crippen LogP contribution in [0.3, 0.4) is 0 Å². The predicted octanol–water partition coefficient (Wildman–Crippen LogP) is 4.04. The summed E-state index contributed by atoms with van der Waals surface area (Å²) in [6.45, 7) is 2.57. The van der Waals surface area contributed by atoms with Crippen LogP contribution in [0.25, 0.3) is 16.9 Å². The minimum Gasteiger partial charge on any atom is -0.383 e. The van der Waals surface area contributed by atoms with Crippen molar-refractivity contribution in [2.45, 2.75) is 13.0 Å². The van der Waals surface area contributed by atoms with Gasteiger partial charge in [-0.3, -0.25) is 4.57 Å². The van der Waals surface area contributed by atoms with Crippen molar-refractivity contribution in [1.29, 1.82) is 0 Å². The summed E-state index contributed by atoms with van der Waals surface area (Å²) in [5.74, 6) is 0.741. The van der Waals surface area contributed by atoms with Gasteiger partial charge in [0.2, 0.25) is 0 Å². The van der Waals surface area contributed by atoms with E-state index < -0.39 is 0 Å². The van der Waals surface area contributed by atoms with Gasteiger partial charge in [0.25, 0.3) is 0 Å². The first-order chi connectivity index (χ1) is 14.2. The fourth-order valence-corrected chi connectivity index (χ4v) is 3.01. The molecular formula is C22H22N6O. The van der Waals surface area contributed by atoms with Gasteiger partial charge in [-0.1, -0.05) is 30.3 Å². The number of carbonyl (C=O) groups is 1. The number of imidazole rings is 1. The second-order valence-electron chi connectivity index (χ2n) is 6.75. The van der Waals surface area contributed by atoms with Crippen molar-refractivity contribution in [3.63, 3.8) is 0 Å². The molecule has 0 aliphatic heterocycles. The zero-order valence-corrected chi connectivity index (χ0v) is 16.0. The summed E-state index contributed by atoms with van der Waals surface area (Å²) in [5.41, 5.74) is 3.54. The molecule has 2 aromatic heterocycles. The molecular weight excluding hydrogens is 364 g/mol. The van der Waals surface area contributed by atoms with E-state index in [0.29, 0.717) is 12.2 Å². The number of hydrogen-bond acceptors (Lipinski definition) is 4. The summed E-state index contributed by atoms with van der Waals surface area (Å²) in [5, 5.41) is 9.01. The maximum atomic E-state index is 12.2. The molecule has 4 aromatic rings. The van der Waals surface area contributed by atoms with Crippen molar-refractivity contribution < 1.29 is 4.79 Å². The highest BCUT2D eigenvalue weighted by Crippen LogP contribution is 2.17. The van der Waals surface area contributed by atoms with Crippen LogP contribution < -0.4 is 16.0 Å². The molecule has 3 N–H and O–H groups in total. The standard InChI is InChI=1S/C22H22N6O/c1-16(13-23-17-7-3-2-4-8-17)26-22(29)27-18-11-12-21(24-14-18)28-15-25-19-9-5-6-10-20(19)28/h2-12,14-16,23H,13H2,1H3,(H2,26,27,29)/t16-/m0/s1. The van der Waals surface area contributed by atoms with E-state index in [1.165, 1.54) is 0 Å². The van der Waals surface area contributed by atoms with Gasteiger partial charge in [0, 0.05) is 18.3 Å². The summed E-state index contributed by atoms with van der Waals surface area (Å²) in [4.78, 5) is 21.1. The first-order valence-electron chi connectivity index (χ1n) is 9.44. The van der Waals surface area contributed by atoms with Gasteiger partial charge in [-0.2, -0.15) is 0 Å². The summed E-state index contributed by atoms with van der Waals surface area (Å²) >= 11 is 0. The van der Waals surface area contributed by atoms with Gasteiger partial charge in [0.15, 0.2) is 0 Å². The Morgan fingerprint density at radius 3 is 2.55 bits per heavy atom. The van der Waals surface area contributed by atoms with E-state index in [9.17, 15) is 4.79 Å². The molecule has 0 unspecified atom stereocenters. The molecule has 0 fully saturated rings. The highest BCUT2D eigenvalue weighted by Gasteiger charge is 2.09. The van der Waals surface area contributed by atoms with Crippen LogP contribution in [0.2, 0.25) is 0 Å². The number of pyridine rings is 1. The number of aromatic nitrogens is 3. The van der Waals surface area contributed by atoms with Crippen molar-refractivity contribution in [3.8, 4) is 5.82 Å². The van der Waals surface area contributed by atoms with Gasteiger partial charge in [-0.25, -0.2) is 14.8 Å². The Kier molecular flexibility index (Phi) is 5.38. The van der Waals surface area contributed by atoms with Crippen LogP contribution in [-0.2, 0) is 0 Å². The van der Waals surface area contributed by atoms with E-state index in [2.05, 4.69) is 25.9 Å². The van der Waals surface area contributed by atoms with Crippen LogP contribution in [0.1, 0.15) is 6.92 Å². The van der Waals surface area contributed by atoms with Gasteiger partial charge in [-0.05, 0) is 43.3 Å². The molecule has 0 radical (unpaired) electrons. The summed E-state index contributed by atoms with van der Waals surface area (Å²) in [6, 6.07) is 21.1. The topological polar surface area (TPSA) is 83.9 Å². The zero-order chi connectivity index (χ0) is 20.1. The fraction of sp³-hybridized carbons (Fsp3) is 0.136. The van der Waals surface area contributed by atoms with E-state index in [-0.39, 0.29) is 12.1 Å². The largest absolute Gasteiger partial charge is 0.383 e. The first-order valence-corrected chi connectivity index (χ1v) is 9.44. The Morgan fingerprint density at radius 1 is 0.966 bits per heavy atom. The van der Waals surface area contributed by atoms with Gasteiger partial charge < -0.3 is 16.0 Å². The molecule has 4 rings (SSSR count). The van der Waals surface area contributed by atoms with Crippen LogP contribution in [0, 0.1) is 0 Å². The molecule has 7 nitrogen and oxygen atoms in total. The lowest BCUT2D eigenvalue weighted by atomic mass is 10.3. The summed E-state index contributed by atoms with van der Waals surface area (Å²) in [7, 11) is 0. The number of para-hydroxylation sites is 3. The summed E-state index contributed by atoms with van der Waals surface area (Å²) < 4.78 is 1.91. The number of benzene rings is 2. The maximum Gasteiger partial charge on any atom is 0.319 e. The van der Waals surface area contributed by atoms with Gasteiger partial charge in [0.1, 0.15) is 12.1 Å². The first kappa shape index (κ1) is 18.5. The fourth-order valence-electron chi connectivity index (χ4n) is 3.01. The molecule has 146 valence electrons. The number of nitrogens with one attached hydrogen (secondary N) is 3. The minimum absolute atomic E-state index is 0.0419. The number of rotatable bonds is 6. The van der Waals surface area contributed by atoms with Gasteiger partial charge in [0.05, 0.1) is 22.9 Å². The molecule has 0 saturated heterocycles. The number of urea groups is 1. The zero-order valence-electron chi connectivity index (χ0n) is 16.0. The van der Waals surface area contributed by atoms with Crippen molar-refractivity contribution in [2.24, 2.45) is 0 Å². The summed E-state index contributed by atoms with van der Waals surface area (Å²) in [6.07, 6.45) is 3.38. The molecule has 2 heterocycles.